The molecule has 112 valence electrons. The molecule has 0 spiro atoms. The lowest BCUT2D eigenvalue weighted by atomic mass is 10.0. The van der Waals surface area contributed by atoms with Crippen LogP contribution in [0.5, 0.6) is 5.88 Å². The number of aromatic nitrogens is 2. The largest absolute Gasteiger partial charge is 0.493 e. The van der Waals surface area contributed by atoms with Gasteiger partial charge in [0.2, 0.25) is 5.88 Å². The van der Waals surface area contributed by atoms with E-state index in [1.54, 1.807) is 25.1 Å². The van der Waals surface area contributed by atoms with Gasteiger partial charge in [0.25, 0.3) is 5.56 Å². The van der Waals surface area contributed by atoms with E-state index in [4.69, 9.17) is 0 Å². The van der Waals surface area contributed by atoms with Gasteiger partial charge in [-0.15, -0.1) is 0 Å². The lowest BCUT2D eigenvalue weighted by Crippen LogP contribution is -2.19. The third-order valence-electron chi connectivity index (χ3n) is 3.36. The maximum absolute atomic E-state index is 12.2. The van der Waals surface area contributed by atoms with Crippen LogP contribution in [0, 0.1) is 6.92 Å². The van der Waals surface area contributed by atoms with Gasteiger partial charge < -0.3 is 10.1 Å². The molecule has 1 atom stereocenters. The summed E-state index contributed by atoms with van der Waals surface area (Å²) in [5.74, 6) is -0.545. The van der Waals surface area contributed by atoms with Crippen molar-refractivity contribution in [2.24, 2.45) is 0 Å². The maximum Gasteiger partial charge on any atom is 0.262 e. The summed E-state index contributed by atoms with van der Waals surface area (Å²) in [5.41, 5.74) is 0.839. The summed E-state index contributed by atoms with van der Waals surface area (Å²) in [5, 5.41) is 9.04. The molecule has 0 amide bonds. The van der Waals surface area contributed by atoms with Crippen molar-refractivity contribution in [1.29, 1.82) is 0 Å². The molecule has 7 heteroatoms. The smallest absolute Gasteiger partial charge is 0.262 e. The van der Waals surface area contributed by atoms with Crippen molar-refractivity contribution in [1.82, 2.24) is 9.97 Å². The minimum absolute atomic E-state index is 0.0394. The monoisotopic (exact) mass is 308 g/mol. The van der Waals surface area contributed by atoms with Crippen molar-refractivity contribution in [2.75, 3.05) is 6.26 Å². The minimum Gasteiger partial charge on any atom is -0.493 e. The highest BCUT2D eigenvalue weighted by Gasteiger charge is 2.23. The van der Waals surface area contributed by atoms with Gasteiger partial charge in [-0.3, -0.25) is 4.79 Å². The van der Waals surface area contributed by atoms with Gasteiger partial charge in [0.15, 0.2) is 9.84 Å². The third-order valence-corrected chi connectivity index (χ3v) is 4.87. The van der Waals surface area contributed by atoms with Gasteiger partial charge in [-0.2, -0.15) is 4.98 Å². The molecule has 1 aromatic heterocycles. The van der Waals surface area contributed by atoms with Crippen LogP contribution in [0.2, 0.25) is 0 Å². The minimum atomic E-state index is -3.42. The van der Waals surface area contributed by atoms with E-state index in [1.807, 2.05) is 6.07 Å². The Bertz CT molecular complexity index is 840. The van der Waals surface area contributed by atoms with Crippen molar-refractivity contribution >= 4 is 9.84 Å². The highest BCUT2D eigenvalue weighted by atomic mass is 32.2. The number of hydrogen-bond donors (Lipinski definition) is 2. The molecule has 0 saturated heterocycles. The Morgan fingerprint density at radius 3 is 2.43 bits per heavy atom. The van der Waals surface area contributed by atoms with Crippen molar-refractivity contribution in [2.45, 2.75) is 19.1 Å². The standard InChI is InChI=1S/C14H16N2O4S/c1-8-6-4-5-7-10(8)11-13(17)15-12(16-14(11)18)9(2)21(3,19)20/h4-7,9H,1-3H3,(H2,15,16,17,18). The Kier molecular flexibility index (Phi) is 3.87. The third kappa shape index (κ3) is 2.97. The Balaban J connectivity index is 2.64. The first-order chi connectivity index (χ1) is 9.71. The van der Waals surface area contributed by atoms with Crippen molar-refractivity contribution in [3.05, 3.63) is 46.0 Å². The first kappa shape index (κ1) is 15.2. The van der Waals surface area contributed by atoms with Crippen LogP contribution < -0.4 is 5.56 Å². The van der Waals surface area contributed by atoms with Gasteiger partial charge in [0, 0.05) is 6.26 Å². The number of hydrogen-bond acceptors (Lipinski definition) is 5. The van der Waals surface area contributed by atoms with E-state index in [9.17, 15) is 18.3 Å². The number of aryl methyl sites for hydroxylation is 1. The fourth-order valence-electron chi connectivity index (χ4n) is 1.97. The second-order valence-electron chi connectivity index (χ2n) is 4.94. The van der Waals surface area contributed by atoms with Crippen LogP contribution in [-0.2, 0) is 9.84 Å². The van der Waals surface area contributed by atoms with Crippen LogP contribution in [0.25, 0.3) is 11.1 Å². The molecule has 0 saturated carbocycles. The van der Waals surface area contributed by atoms with E-state index in [-0.39, 0.29) is 11.4 Å². The maximum atomic E-state index is 12.2. The fourth-order valence-corrected chi connectivity index (χ4v) is 2.49. The van der Waals surface area contributed by atoms with Gasteiger partial charge >= 0.3 is 0 Å². The van der Waals surface area contributed by atoms with Gasteiger partial charge in [0.05, 0.1) is 0 Å². The van der Waals surface area contributed by atoms with Crippen LogP contribution in [-0.4, -0.2) is 29.7 Å². The lowest BCUT2D eigenvalue weighted by Gasteiger charge is -2.11. The number of nitrogens with zero attached hydrogens (tertiary/aromatic N) is 1. The summed E-state index contributed by atoms with van der Waals surface area (Å²) in [6.07, 6.45) is 1.05. The SMILES string of the molecule is Cc1ccccc1-c1c(O)nc(C(C)S(C)(=O)=O)[nH]c1=O. The Hall–Kier alpha value is -2.15. The van der Waals surface area contributed by atoms with Crippen LogP contribution in [0.4, 0.5) is 0 Å². The van der Waals surface area contributed by atoms with E-state index in [0.717, 1.165) is 11.8 Å². The lowest BCUT2D eigenvalue weighted by molar-refractivity contribution is 0.449. The van der Waals surface area contributed by atoms with Crippen LogP contribution in [0.3, 0.4) is 0 Å². The summed E-state index contributed by atoms with van der Waals surface area (Å²) >= 11 is 0. The molecule has 0 aliphatic heterocycles. The number of sulfone groups is 1. The van der Waals surface area contributed by atoms with E-state index >= 15 is 0 Å². The molecule has 21 heavy (non-hydrogen) atoms. The first-order valence-corrected chi connectivity index (χ1v) is 8.25. The summed E-state index contributed by atoms with van der Waals surface area (Å²) in [4.78, 5) is 18.5. The molecule has 2 N–H and O–H groups in total. The van der Waals surface area contributed by atoms with E-state index in [0.29, 0.717) is 5.56 Å². The van der Waals surface area contributed by atoms with Crippen LogP contribution in [0.1, 0.15) is 23.6 Å². The highest BCUT2D eigenvalue weighted by Crippen LogP contribution is 2.27. The average molecular weight is 308 g/mol. The molecular formula is C14H16N2O4S. The molecule has 6 nitrogen and oxygen atoms in total. The van der Waals surface area contributed by atoms with Gasteiger partial charge in [-0.05, 0) is 25.0 Å². The van der Waals surface area contributed by atoms with Gasteiger partial charge in [-0.25, -0.2) is 8.42 Å². The number of benzene rings is 1. The number of nitrogens with one attached hydrogen (secondary N) is 1. The predicted molar refractivity (Wildman–Crippen MR) is 80.0 cm³/mol. The molecule has 0 radical (unpaired) electrons. The van der Waals surface area contributed by atoms with Crippen LogP contribution in [0.15, 0.2) is 29.1 Å². The fraction of sp³-hybridized carbons (Fsp3) is 0.286. The molecule has 0 fully saturated rings. The van der Waals surface area contributed by atoms with Crippen LogP contribution >= 0.6 is 0 Å². The number of aromatic hydroxyl groups is 1. The van der Waals surface area contributed by atoms with E-state index < -0.39 is 26.5 Å². The molecule has 0 bridgehead atoms. The molecule has 1 unspecified atom stereocenters. The zero-order chi connectivity index (χ0) is 15.8. The molecule has 1 aromatic carbocycles. The number of H-pyrrole nitrogens is 1. The van der Waals surface area contributed by atoms with Crippen molar-refractivity contribution in [3.8, 4) is 17.0 Å². The normalized spacial score (nSPS) is 13.1. The van der Waals surface area contributed by atoms with E-state index in [2.05, 4.69) is 9.97 Å². The molecule has 0 aliphatic carbocycles. The Labute approximate surface area is 122 Å². The summed E-state index contributed by atoms with van der Waals surface area (Å²) in [6, 6.07) is 7.06. The zero-order valence-corrected chi connectivity index (χ0v) is 12.7. The average Bonchev–Trinajstić information content (AvgIpc) is 2.38. The van der Waals surface area contributed by atoms with Gasteiger partial charge in [-0.1, -0.05) is 24.3 Å². The molecule has 0 aliphatic rings. The topological polar surface area (TPSA) is 100 Å². The molecule has 2 aromatic rings. The quantitative estimate of drug-likeness (QED) is 0.896. The zero-order valence-electron chi connectivity index (χ0n) is 11.9. The predicted octanol–water partition coefficient (Wildman–Crippen LogP) is 1.56. The summed E-state index contributed by atoms with van der Waals surface area (Å²) in [7, 11) is -3.42. The number of rotatable bonds is 3. The molecule has 1 heterocycles. The summed E-state index contributed by atoms with van der Waals surface area (Å²) in [6.45, 7) is 3.21. The van der Waals surface area contributed by atoms with E-state index in [1.165, 1.54) is 6.92 Å². The van der Waals surface area contributed by atoms with Crippen molar-refractivity contribution in [3.63, 3.8) is 0 Å². The molecule has 2 rings (SSSR count). The van der Waals surface area contributed by atoms with Crippen molar-refractivity contribution < 1.29 is 13.5 Å². The Morgan fingerprint density at radius 2 is 1.90 bits per heavy atom. The first-order valence-electron chi connectivity index (χ1n) is 6.30. The van der Waals surface area contributed by atoms with Gasteiger partial charge in [0.1, 0.15) is 16.6 Å². The second kappa shape index (κ2) is 5.33. The molecular weight excluding hydrogens is 292 g/mol. The number of aromatic amines is 1. The highest BCUT2D eigenvalue weighted by molar-refractivity contribution is 7.90. The second-order valence-corrected chi connectivity index (χ2v) is 7.30. The summed E-state index contributed by atoms with van der Waals surface area (Å²) < 4.78 is 23.0. The Morgan fingerprint density at radius 1 is 1.29 bits per heavy atom.